The molecule has 0 atom stereocenters. The molecule has 1 aliphatic rings. The Hall–Kier alpha value is -2.68. The summed E-state index contributed by atoms with van der Waals surface area (Å²) in [4.78, 5) is 33.1. The molecule has 1 N–H and O–H groups in total. The van der Waals surface area contributed by atoms with Crippen molar-refractivity contribution in [3.05, 3.63) is 52.5 Å². The summed E-state index contributed by atoms with van der Waals surface area (Å²) in [5, 5.41) is 4.50. The van der Waals surface area contributed by atoms with Crippen LogP contribution in [0.2, 0.25) is 5.02 Å². The fourth-order valence-electron chi connectivity index (χ4n) is 3.71. The lowest BCUT2D eigenvalue weighted by Gasteiger charge is -2.34. The molecule has 1 fully saturated rings. The number of nitrogens with zero attached hydrogens (tertiary/aromatic N) is 3. The van der Waals surface area contributed by atoms with Crippen molar-refractivity contribution >= 4 is 50.0 Å². The smallest absolute Gasteiger partial charge is 0.251 e. The molecule has 1 aromatic heterocycles. The number of benzene rings is 2. The first-order valence-corrected chi connectivity index (χ1v) is 11.6. The Balaban J connectivity index is 1.27. The Morgan fingerprint density at radius 1 is 1.09 bits per heavy atom. The third kappa shape index (κ3) is 4.87. The number of rotatable bonds is 7. The van der Waals surface area contributed by atoms with Crippen molar-refractivity contribution in [1.29, 1.82) is 0 Å². The summed E-state index contributed by atoms with van der Waals surface area (Å²) < 4.78 is 6.48. The fraction of sp³-hybridized carbons (Fsp3) is 0.348. The van der Waals surface area contributed by atoms with Crippen LogP contribution in [-0.4, -0.2) is 68.0 Å². The van der Waals surface area contributed by atoms with E-state index < -0.39 is 0 Å². The maximum Gasteiger partial charge on any atom is 0.251 e. The molecule has 1 aliphatic heterocycles. The van der Waals surface area contributed by atoms with Crippen LogP contribution in [0.1, 0.15) is 27.6 Å². The number of hydrogen-bond donors (Lipinski definition) is 1. The van der Waals surface area contributed by atoms with Crippen LogP contribution < -0.4 is 15.0 Å². The molecule has 168 valence electrons. The minimum Gasteiger partial charge on any atom is -0.493 e. The molecule has 2 aromatic carbocycles. The van der Waals surface area contributed by atoms with Gasteiger partial charge in [-0.1, -0.05) is 35.1 Å². The van der Waals surface area contributed by atoms with E-state index in [1.807, 2.05) is 12.1 Å². The van der Waals surface area contributed by atoms with Crippen LogP contribution in [0.5, 0.6) is 5.75 Å². The highest BCUT2D eigenvalue weighted by atomic mass is 35.5. The first-order chi connectivity index (χ1) is 15.5. The van der Waals surface area contributed by atoms with Gasteiger partial charge in [0, 0.05) is 50.4 Å². The van der Waals surface area contributed by atoms with Crippen molar-refractivity contribution in [2.75, 3.05) is 51.3 Å². The van der Waals surface area contributed by atoms with Crippen LogP contribution in [0, 0.1) is 0 Å². The number of amides is 1. The van der Waals surface area contributed by atoms with Gasteiger partial charge in [0.05, 0.1) is 16.8 Å². The van der Waals surface area contributed by atoms with Gasteiger partial charge in [0.25, 0.3) is 5.91 Å². The topological polar surface area (TPSA) is 74.8 Å². The van der Waals surface area contributed by atoms with Gasteiger partial charge in [0.15, 0.2) is 16.7 Å². The number of piperazine rings is 1. The molecule has 0 radical (unpaired) electrons. The van der Waals surface area contributed by atoms with Crippen LogP contribution in [0.25, 0.3) is 10.2 Å². The van der Waals surface area contributed by atoms with Gasteiger partial charge >= 0.3 is 0 Å². The summed E-state index contributed by atoms with van der Waals surface area (Å²) in [5.74, 6) is 0.489. The molecule has 0 spiro atoms. The maximum absolute atomic E-state index is 12.3. The summed E-state index contributed by atoms with van der Waals surface area (Å²) >= 11 is 7.87. The molecular formula is C23H25ClN4O3S. The fourth-order valence-corrected chi connectivity index (χ4v) is 4.96. The molecule has 0 aliphatic carbocycles. The zero-order valence-corrected chi connectivity index (χ0v) is 19.6. The second-order valence-electron chi connectivity index (χ2n) is 7.64. The zero-order chi connectivity index (χ0) is 22.7. The Morgan fingerprint density at radius 2 is 1.78 bits per heavy atom. The van der Waals surface area contributed by atoms with E-state index in [9.17, 15) is 9.59 Å². The van der Waals surface area contributed by atoms with E-state index in [1.165, 1.54) is 6.92 Å². The first-order valence-electron chi connectivity index (χ1n) is 10.5. The maximum atomic E-state index is 12.3. The van der Waals surface area contributed by atoms with E-state index in [-0.39, 0.29) is 11.7 Å². The normalized spacial score (nSPS) is 14.5. The molecule has 0 saturated carbocycles. The molecule has 32 heavy (non-hydrogen) atoms. The molecule has 4 rings (SSSR count). The summed E-state index contributed by atoms with van der Waals surface area (Å²) in [7, 11) is 1.61. The van der Waals surface area contributed by atoms with E-state index >= 15 is 0 Å². The van der Waals surface area contributed by atoms with Crippen molar-refractivity contribution < 1.29 is 14.3 Å². The van der Waals surface area contributed by atoms with Gasteiger partial charge in [-0.15, -0.1) is 0 Å². The van der Waals surface area contributed by atoms with Crippen molar-refractivity contribution in [3.8, 4) is 5.75 Å². The number of methoxy groups -OCH3 is 1. The molecule has 2 heterocycles. The van der Waals surface area contributed by atoms with Crippen molar-refractivity contribution in [1.82, 2.24) is 15.2 Å². The summed E-state index contributed by atoms with van der Waals surface area (Å²) in [6, 6.07) is 10.6. The largest absolute Gasteiger partial charge is 0.493 e. The number of thiazole rings is 1. The van der Waals surface area contributed by atoms with Crippen LogP contribution in [0.3, 0.4) is 0 Å². The minimum absolute atomic E-state index is 0.00937. The molecule has 0 unspecified atom stereocenters. The second kappa shape index (κ2) is 9.85. The standard InChI is InChI=1S/C23H25ClN4O3S/c1-15(29)16-3-5-17(6-4-16)22(30)25-9-10-27-11-13-28(14-12-27)23-26-20-19(32-23)8-7-18(24)21(20)31-2/h3-8H,9-14H2,1-2H3,(H,25,30). The van der Waals surface area contributed by atoms with Gasteiger partial charge in [-0.2, -0.15) is 0 Å². The Morgan fingerprint density at radius 3 is 2.44 bits per heavy atom. The number of carbonyl (C=O) groups excluding carboxylic acids is 2. The average molecular weight is 473 g/mol. The number of aromatic nitrogens is 1. The minimum atomic E-state index is -0.124. The van der Waals surface area contributed by atoms with E-state index in [2.05, 4.69) is 15.1 Å². The number of anilines is 1. The number of hydrogen-bond acceptors (Lipinski definition) is 7. The monoisotopic (exact) mass is 472 g/mol. The lowest BCUT2D eigenvalue weighted by atomic mass is 10.1. The SMILES string of the molecule is COc1c(Cl)ccc2sc(N3CCN(CCNC(=O)c4ccc(C(C)=O)cc4)CC3)nc12. The lowest BCUT2D eigenvalue weighted by molar-refractivity contribution is 0.0945. The average Bonchev–Trinajstić information content (AvgIpc) is 3.24. The summed E-state index contributed by atoms with van der Waals surface area (Å²) in [5.41, 5.74) is 1.97. The molecule has 3 aromatic rings. The Bertz CT molecular complexity index is 1120. The van der Waals surface area contributed by atoms with Crippen LogP contribution in [0.15, 0.2) is 36.4 Å². The molecule has 7 nitrogen and oxygen atoms in total. The second-order valence-corrected chi connectivity index (χ2v) is 9.06. The van der Waals surface area contributed by atoms with E-state index in [1.54, 1.807) is 42.7 Å². The highest BCUT2D eigenvalue weighted by molar-refractivity contribution is 7.22. The molecule has 0 bridgehead atoms. The number of ether oxygens (including phenoxy) is 1. The molecule has 1 saturated heterocycles. The van der Waals surface area contributed by atoms with Gasteiger partial charge in [0.1, 0.15) is 5.52 Å². The van der Waals surface area contributed by atoms with Crippen LogP contribution in [0.4, 0.5) is 5.13 Å². The van der Waals surface area contributed by atoms with Crippen molar-refractivity contribution in [2.24, 2.45) is 0 Å². The first kappa shape index (κ1) is 22.5. The van der Waals surface area contributed by atoms with E-state index in [4.69, 9.17) is 21.3 Å². The van der Waals surface area contributed by atoms with E-state index in [0.717, 1.165) is 48.1 Å². The zero-order valence-electron chi connectivity index (χ0n) is 18.1. The van der Waals surface area contributed by atoms with Gasteiger partial charge < -0.3 is 15.0 Å². The number of fused-ring (bicyclic) bond motifs is 1. The Labute approximate surface area is 195 Å². The summed E-state index contributed by atoms with van der Waals surface area (Å²) in [6.45, 7) is 6.41. The van der Waals surface area contributed by atoms with Gasteiger partial charge in [-0.25, -0.2) is 4.98 Å². The summed E-state index contributed by atoms with van der Waals surface area (Å²) in [6.07, 6.45) is 0. The van der Waals surface area contributed by atoms with Crippen molar-refractivity contribution in [3.63, 3.8) is 0 Å². The van der Waals surface area contributed by atoms with Gasteiger partial charge in [-0.3, -0.25) is 14.5 Å². The van der Waals surface area contributed by atoms with Gasteiger partial charge in [-0.05, 0) is 31.2 Å². The number of ketones is 1. The molecule has 9 heteroatoms. The number of carbonyl (C=O) groups is 2. The number of nitrogens with one attached hydrogen (secondary N) is 1. The number of Topliss-reactive ketones (excluding diaryl/α,β-unsaturated/α-hetero) is 1. The Kier molecular flexibility index (Phi) is 6.93. The van der Waals surface area contributed by atoms with E-state index in [0.29, 0.717) is 28.4 Å². The third-order valence-corrected chi connectivity index (χ3v) is 6.95. The predicted molar refractivity (Wildman–Crippen MR) is 129 cm³/mol. The highest BCUT2D eigenvalue weighted by Gasteiger charge is 2.21. The predicted octanol–water partition coefficient (Wildman–Crippen LogP) is 3.71. The highest BCUT2D eigenvalue weighted by Crippen LogP contribution is 2.38. The molecular weight excluding hydrogens is 448 g/mol. The van der Waals surface area contributed by atoms with Crippen LogP contribution in [-0.2, 0) is 0 Å². The van der Waals surface area contributed by atoms with Crippen molar-refractivity contribution in [2.45, 2.75) is 6.92 Å². The molecule has 1 amide bonds. The van der Waals surface area contributed by atoms with Crippen LogP contribution >= 0.6 is 22.9 Å². The van der Waals surface area contributed by atoms with Gasteiger partial charge in [0.2, 0.25) is 0 Å². The quantitative estimate of drug-likeness (QED) is 0.528. The lowest BCUT2D eigenvalue weighted by Crippen LogP contribution is -2.48. The third-order valence-electron chi connectivity index (χ3n) is 5.57. The number of halogens is 1.